The van der Waals surface area contributed by atoms with Crippen molar-refractivity contribution in [3.8, 4) is 11.4 Å². The molecule has 0 atom stereocenters. The van der Waals surface area contributed by atoms with Gasteiger partial charge in [-0.15, -0.1) is 0 Å². The van der Waals surface area contributed by atoms with Crippen LogP contribution >= 0.6 is 0 Å². The predicted molar refractivity (Wildman–Crippen MR) is 99.4 cm³/mol. The van der Waals surface area contributed by atoms with Crippen LogP contribution in [0.15, 0.2) is 42.7 Å². The molecule has 2 aromatic heterocycles. The molecule has 1 N–H and O–H groups in total. The first-order valence-corrected chi connectivity index (χ1v) is 8.15. The number of rotatable bonds is 4. The highest BCUT2D eigenvalue weighted by Gasteiger charge is 2.15. The number of nitro groups is 1. The number of benzene rings is 1. The van der Waals surface area contributed by atoms with Gasteiger partial charge in [0.1, 0.15) is 5.82 Å². The molecule has 8 nitrogen and oxygen atoms in total. The fraction of sp³-hybridized carbons (Fsp3) is 0.278. The third kappa shape index (κ3) is 3.85. The van der Waals surface area contributed by atoms with Gasteiger partial charge in [0.25, 0.3) is 5.69 Å². The van der Waals surface area contributed by atoms with E-state index in [2.05, 4.69) is 41.2 Å². The minimum absolute atomic E-state index is 0.00793. The summed E-state index contributed by atoms with van der Waals surface area (Å²) in [5.41, 5.74) is 2.05. The minimum Gasteiger partial charge on any atom is -0.338 e. The molecule has 0 aliphatic heterocycles. The van der Waals surface area contributed by atoms with Crippen LogP contribution in [0.25, 0.3) is 11.4 Å². The van der Waals surface area contributed by atoms with Crippen LogP contribution in [0.2, 0.25) is 0 Å². The topological polar surface area (TPSA) is 98.8 Å². The Labute approximate surface area is 151 Å². The molecule has 2 heterocycles. The summed E-state index contributed by atoms with van der Waals surface area (Å²) in [5.74, 6) is 1.03. The molecule has 1 aromatic carbocycles. The van der Waals surface area contributed by atoms with E-state index >= 15 is 0 Å². The van der Waals surface area contributed by atoms with Gasteiger partial charge in [-0.1, -0.05) is 12.1 Å². The second-order valence-electron chi connectivity index (χ2n) is 7.00. The Morgan fingerprint density at radius 1 is 1.19 bits per heavy atom. The van der Waals surface area contributed by atoms with Crippen LogP contribution in [0, 0.1) is 17.0 Å². The number of aryl methyl sites for hydroxylation is 1. The fourth-order valence-corrected chi connectivity index (χ4v) is 2.42. The number of nitro benzene ring substituents is 1. The molecular weight excluding hydrogens is 332 g/mol. The summed E-state index contributed by atoms with van der Waals surface area (Å²) in [7, 11) is 0. The lowest BCUT2D eigenvalue weighted by atomic mass is 10.1. The normalized spacial score (nSPS) is 11.4. The molecule has 3 aromatic rings. The molecule has 134 valence electrons. The Morgan fingerprint density at radius 2 is 1.96 bits per heavy atom. The van der Waals surface area contributed by atoms with Gasteiger partial charge in [-0.25, -0.2) is 9.97 Å². The summed E-state index contributed by atoms with van der Waals surface area (Å²) in [6, 6.07) is 8.10. The molecule has 0 spiro atoms. The summed E-state index contributed by atoms with van der Waals surface area (Å²) in [5, 5.41) is 18.6. The van der Waals surface area contributed by atoms with E-state index in [9.17, 15) is 10.1 Å². The van der Waals surface area contributed by atoms with E-state index in [0.29, 0.717) is 17.2 Å². The van der Waals surface area contributed by atoms with E-state index in [1.54, 1.807) is 18.3 Å². The van der Waals surface area contributed by atoms with Crippen molar-refractivity contribution in [1.82, 2.24) is 19.7 Å². The van der Waals surface area contributed by atoms with Crippen LogP contribution in [0.5, 0.6) is 0 Å². The van der Waals surface area contributed by atoms with E-state index in [1.807, 2.05) is 23.9 Å². The van der Waals surface area contributed by atoms with Gasteiger partial charge in [-0.05, 0) is 27.7 Å². The summed E-state index contributed by atoms with van der Waals surface area (Å²) in [6.07, 6.45) is 3.64. The van der Waals surface area contributed by atoms with Crippen LogP contribution in [0.4, 0.5) is 17.2 Å². The molecule has 0 aliphatic carbocycles. The Bertz CT molecular complexity index is 958. The SMILES string of the molecule is Cc1cc(Nc2cnn(C(C)(C)C)c2)nc(-c2cccc([N+](=O)[O-])c2)n1. The lowest BCUT2D eigenvalue weighted by Gasteiger charge is -2.18. The Hall–Kier alpha value is -3.29. The first kappa shape index (κ1) is 17.5. The predicted octanol–water partition coefficient (Wildman–Crippen LogP) is 4.06. The van der Waals surface area contributed by atoms with E-state index < -0.39 is 4.92 Å². The highest BCUT2D eigenvalue weighted by atomic mass is 16.6. The number of nitrogens with zero attached hydrogens (tertiary/aromatic N) is 5. The van der Waals surface area contributed by atoms with Crippen molar-refractivity contribution in [3.05, 3.63) is 58.5 Å². The summed E-state index contributed by atoms with van der Waals surface area (Å²) >= 11 is 0. The van der Waals surface area contributed by atoms with Crippen molar-refractivity contribution in [2.24, 2.45) is 0 Å². The Balaban J connectivity index is 1.92. The third-order valence-corrected chi connectivity index (χ3v) is 3.71. The number of aromatic nitrogens is 4. The molecule has 0 amide bonds. The lowest BCUT2D eigenvalue weighted by Crippen LogP contribution is -2.21. The molecule has 0 saturated heterocycles. The van der Waals surface area contributed by atoms with E-state index in [4.69, 9.17) is 0 Å². The molecule has 3 rings (SSSR count). The van der Waals surface area contributed by atoms with Crippen molar-refractivity contribution in [2.75, 3.05) is 5.32 Å². The first-order chi connectivity index (χ1) is 12.2. The standard InChI is InChI=1S/C18H20N6O2/c1-12-8-16(21-14-10-19-23(11-14)18(2,3)4)22-17(20-12)13-6-5-7-15(9-13)24(25)26/h5-11H,1-4H3,(H,20,21,22). The van der Waals surface area contributed by atoms with E-state index in [1.165, 1.54) is 12.1 Å². The Morgan fingerprint density at radius 3 is 2.62 bits per heavy atom. The maximum absolute atomic E-state index is 11.0. The van der Waals surface area contributed by atoms with Gasteiger partial charge < -0.3 is 5.32 Å². The maximum atomic E-state index is 11.0. The number of nitrogens with one attached hydrogen (secondary N) is 1. The van der Waals surface area contributed by atoms with Gasteiger partial charge in [-0.2, -0.15) is 5.10 Å². The molecular formula is C18H20N6O2. The number of hydrogen-bond acceptors (Lipinski definition) is 6. The van der Waals surface area contributed by atoms with Gasteiger partial charge >= 0.3 is 0 Å². The monoisotopic (exact) mass is 352 g/mol. The van der Waals surface area contributed by atoms with E-state index in [-0.39, 0.29) is 11.2 Å². The van der Waals surface area contributed by atoms with Gasteiger partial charge in [0.2, 0.25) is 0 Å². The second-order valence-corrected chi connectivity index (χ2v) is 7.00. The van der Waals surface area contributed by atoms with Gasteiger partial charge in [0.15, 0.2) is 5.82 Å². The van der Waals surface area contributed by atoms with Crippen LogP contribution in [0.3, 0.4) is 0 Å². The number of non-ortho nitro benzene ring substituents is 1. The Kier molecular flexibility index (Phi) is 4.41. The molecule has 26 heavy (non-hydrogen) atoms. The largest absolute Gasteiger partial charge is 0.338 e. The van der Waals surface area contributed by atoms with Crippen LogP contribution in [-0.4, -0.2) is 24.7 Å². The van der Waals surface area contributed by atoms with Crippen molar-refractivity contribution in [1.29, 1.82) is 0 Å². The molecule has 0 bridgehead atoms. The summed E-state index contributed by atoms with van der Waals surface area (Å²) in [4.78, 5) is 19.4. The quantitative estimate of drug-likeness (QED) is 0.561. The zero-order valence-electron chi connectivity index (χ0n) is 15.1. The third-order valence-electron chi connectivity index (χ3n) is 3.71. The van der Waals surface area contributed by atoms with Crippen molar-refractivity contribution >= 4 is 17.2 Å². The summed E-state index contributed by atoms with van der Waals surface area (Å²) in [6.45, 7) is 8.06. The minimum atomic E-state index is -0.431. The zero-order valence-corrected chi connectivity index (χ0v) is 15.1. The second kappa shape index (κ2) is 6.55. The molecule has 0 radical (unpaired) electrons. The molecule has 0 unspecified atom stereocenters. The van der Waals surface area contributed by atoms with Crippen LogP contribution in [0.1, 0.15) is 26.5 Å². The number of hydrogen-bond donors (Lipinski definition) is 1. The first-order valence-electron chi connectivity index (χ1n) is 8.15. The van der Waals surface area contributed by atoms with E-state index in [0.717, 1.165) is 11.4 Å². The molecule has 0 fully saturated rings. The average molecular weight is 352 g/mol. The fourth-order valence-electron chi connectivity index (χ4n) is 2.42. The van der Waals surface area contributed by atoms with Crippen molar-refractivity contribution < 1.29 is 4.92 Å². The van der Waals surface area contributed by atoms with Gasteiger partial charge in [-0.3, -0.25) is 14.8 Å². The van der Waals surface area contributed by atoms with Crippen LogP contribution in [-0.2, 0) is 5.54 Å². The lowest BCUT2D eigenvalue weighted by molar-refractivity contribution is -0.384. The van der Waals surface area contributed by atoms with Crippen molar-refractivity contribution in [2.45, 2.75) is 33.2 Å². The zero-order chi connectivity index (χ0) is 18.9. The van der Waals surface area contributed by atoms with Gasteiger partial charge in [0.05, 0.1) is 22.3 Å². The summed E-state index contributed by atoms with van der Waals surface area (Å²) < 4.78 is 1.87. The molecule has 0 aliphatic rings. The average Bonchev–Trinajstić information content (AvgIpc) is 3.03. The van der Waals surface area contributed by atoms with Crippen molar-refractivity contribution in [3.63, 3.8) is 0 Å². The molecule has 0 saturated carbocycles. The van der Waals surface area contributed by atoms with Gasteiger partial charge in [0, 0.05) is 35.7 Å². The molecule has 8 heteroatoms. The smallest absolute Gasteiger partial charge is 0.270 e. The highest BCUT2D eigenvalue weighted by Crippen LogP contribution is 2.24. The maximum Gasteiger partial charge on any atom is 0.270 e. The number of anilines is 2. The van der Waals surface area contributed by atoms with Crippen LogP contribution < -0.4 is 5.32 Å². The highest BCUT2D eigenvalue weighted by molar-refractivity contribution is 5.63.